The molecule has 0 aromatic carbocycles. The van der Waals surface area contributed by atoms with Crippen molar-refractivity contribution in [3.63, 3.8) is 0 Å². The Bertz CT molecular complexity index is 382. The van der Waals surface area contributed by atoms with Crippen LogP contribution in [0.15, 0.2) is 15.0 Å². The van der Waals surface area contributed by atoms with Gasteiger partial charge in [-0.05, 0) is 25.6 Å². The van der Waals surface area contributed by atoms with Gasteiger partial charge in [0.1, 0.15) is 5.76 Å². The fourth-order valence-corrected chi connectivity index (χ4v) is 2.31. The van der Waals surface area contributed by atoms with E-state index in [1.165, 1.54) is 25.2 Å². The summed E-state index contributed by atoms with van der Waals surface area (Å²) in [5, 5.41) is 16.9. The summed E-state index contributed by atoms with van der Waals surface area (Å²) in [5.41, 5.74) is 5.37. The number of nitrogens with zero attached hydrogens (tertiary/aromatic N) is 2. The highest BCUT2D eigenvalue weighted by atomic mass is 32.2. The van der Waals surface area contributed by atoms with Gasteiger partial charge in [-0.1, -0.05) is 11.3 Å². The van der Waals surface area contributed by atoms with Crippen LogP contribution in [0.4, 0.5) is 5.13 Å². The molecule has 5 nitrogen and oxygen atoms in total. The fraction of sp³-hybridized carbons (Fsp3) is 0.286. The molecule has 0 amide bonds. The van der Waals surface area contributed by atoms with Crippen LogP contribution in [0.2, 0.25) is 0 Å². The van der Waals surface area contributed by atoms with Gasteiger partial charge in [0.25, 0.3) is 0 Å². The summed E-state index contributed by atoms with van der Waals surface area (Å²) in [6, 6.07) is 0. The van der Waals surface area contributed by atoms with Crippen LogP contribution in [-0.4, -0.2) is 21.1 Å². The van der Waals surface area contributed by atoms with Crippen molar-refractivity contribution >= 4 is 34.0 Å². The highest BCUT2D eigenvalue weighted by Gasteiger charge is 2.13. The maximum absolute atomic E-state index is 11.1. The number of allylic oxidation sites excluding steroid dienone is 2. The summed E-state index contributed by atoms with van der Waals surface area (Å²) in [6.07, 6.45) is 0. The Kier molecular flexibility index (Phi) is 3.48. The van der Waals surface area contributed by atoms with Crippen molar-refractivity contribution < 1.29 is 9.90 Å². The molecule has 1 rings (SSSR count). The third-order valence-electron chi connectivity index (χ3n) is 1.26. The molecule has 1 heterocycles. The number of ketones is 1. The SMILES string of the molecule is CC(=O)/C(Sc1nnc(N)s1)=C(/C)O. The van der Waals surface area contributed by atoms with E-state index in [1.54, 1.807) is 0 Å². The number of hydrogen-bond acceptors (Lipinski definition) is 7. The van der Waals surface area contributed by atoms with Gasteiger partial charge in [-0.25, -0.2) is 0 Å². The van der Waals surface area contributed by atoms with E-state index in [2.05, 4.69) is 10.2 Å². The summed E-state index contributed by atoms with van der Waals surface area (Å²) in [5.74, 6) is -0.222. The second kappa shape index (κ2) is 4.43. The predicted octanol–water partition coefficient (Wildman–Crippen LogP) is 1.59. The van der Waals surface area contributed by atoms with Crippen LogP contribution in [-0.2, 0) is 4.79 Å². The maximum Gasteiger partial charge on any atom is 0.203 e. The second-order valence-corrected chi connectivity index (χ2v) is 4.75. The monoisotopic (exact) mass is 231 g/mol. The Morgan fingerprint density at radius 3 is 2.50 bits per heavy atom. The number of carbonyl (C=O) groups is 1. The molecule has 0 aliphatic heterocycles. The maximum atomic E-state index is 11.1. The van der Waals surface area contributed by atoms with Gasteiger partial charge < -0.3 is 10.8 Å². The van der Waals surface area contributed by atoms with Gasteiger partial charge in [-0.15, -0.1) is 10.2 Å². The average Bonchev–Trinajstić information content (AvgIpc) is 2.46. The highest BCUT2D eigenvalue weighted by molar-refractivity contribution is 8.05. The van der Waals surface area contributed by atoms with Crippen LogP contribution in [0.25, 0.3) is 0 Å². The predicted molar refractivity (Wildman–Crippen MR) is 56.2 cm³/mol. The molecule has 0 spiro atoms. The lowest BCUT2D eigenvalue weighted by Crippen LogP contribution is -1.95. The number of aromatic nitrogens is 2. The molecule has 0 saturated heterocycles. The van der Waals surface area contributed by atoms with Crippen molar-refractivity contribution in [2.45, 2.75) is 18.2 Å². The molecule has 0 aliphatic rings. The molecule has 0 radical (unpaired) electrons. The zero-order valence-electron chi connectivity index (χ0n) is 7.64. The number of thioether (sulfide) groups is 1. The number of Topliss-reactive ketones (excluding diaryl/α,β-unsaturated/α-hetero) is 1. The molecular formula is C7H9N3O2S2. The Hall–Kier alpha value is -1.08. The lowest BCUT2D eigenvalue weighted by atomic mass is 10.4. The van der Waals surface area contributed by atoms with Crippen LogP contribution in [0.5, 0.6) is 0 Å². The largest absolute Gasteiger partial charge is 0.511 e. The molecule has 0 unspecified atom stereocenters. The first-order valence-corrected chi connectivity index (χ1v) is 5.31. The molecule has 3 N–H and O–H groups in total. The Balaban J connectivity index is 2.86. The molecule has 0 bridgehead atoms. The summed E-state index contributed by atoms with van der Waals surface area (Å²) < 4.78 is 0.543. The first-order chi connectivity index (χ1) is 6.50. The van der Waals surface area contributed by atoms with E-state index in [0.29, 0.717) is 9.47 Å². The van der Waals surface area contributed by atoms with Gasteiger partial charge in [0.05, 0.1) is 4.91 Å². The second-order valence-electron chi connectivity index (χ2n) is 2.48. The van der Waals surface area contributed by atoms with Crippen molar-refractivity contribution in [2.24, 2.45) is 0 Å². The number of hydrogen-bond donors (Lipinski definition) is 2. The van der Waals surface area contributed by atoms with E-state index >= 15 is 0 Å². The lowest BCUT2D eigenvalue weighted by Gasteiger charge is -2.00. The van der Waals surface area contributed by atoms with Gasteiger partial charge in [0.2, 0.25) is 5.13 Å². The number of carbonyl (C=O) groups excluding carboxylic acids is 1. The van der Waals surface area contributed by atoms with Gasteiger partial charge in [0.15, 0.2) is 10.1 Å². The minimum Gasteiger partial charge on any atom is -0.511 e. The van der Waals surface area contributed by atoms with Crippen LogP contribution in [0.1, 0.15) is 13.8 Å². The summed E-state index contributed by atoms with van der Waals surface area (Å²) in [6.45, 7) is 2.83. The summed E-state index contributed by atoms with van der Waals surface area (Å²) >= 11 is 2.24. The van der Waals surface area contributed by atoms with Crippen LogP contribution in [0, 0.1) is 0 Å². The molecule has 1 aromatic rings. The zero-order chi connectivity index (χ0) is 10.7. The third kappa shape index (κ3) is 2.71. The van der Waals surface area contributed by atoms with E-state index in [9.17, 15) is 9.90 Å². The van der Waals surface area contributed by atoms with Gasteiger partial charge in [-0.2, -0.15) is 0 Å². The number of aliphatic hydroxyl groups excluding tert-OH is 1. The summed E-state index contributed by atoms with van der Waals surface area (Å²) in [4.78, 5) is 11.3. The molecule has 0 fully saturated rings. The fourth-order valence-electron chi connectivity index (χ4n) is 0.749. The van der Waals surface area contributed by atoms with Gasteiger partial charge in [0, 0.05) is 0 Å². The Labute approximate surface area is 89.0 Å². The summed E-state index contributed by atoms with van der Waals surface area (Å²) in [7, 11) is 0. The van der Waals surface area contributed by atoms with Gasteiger partial charge >= 0.3 is 0 Å². The van der Waals surface area contributed by atoms with E-state index in [1.807, 2.05) is 0 Å². The van der Waals surface area contributed by atoms with Gasteiger partial charge in [-0.3, -0.25) is 4.79 Å². The average molecular weight is 231 g/mol. The molecule has 0 saturated carbocycles. The standard InChI is InChI=1S/C7H9N3O2S2/c1-3(11)5(4(2)12)13-7-10-9-6(8)14-7/h11H,1-2H3,(H2,8,9)/b5-3+. The third-order valence-corrected chi connectivity index (χ3v) is 3.35. The molecule has 76 valence electrons. The van der Waals surface area contributed by atoms with Crippen LogP contribution in [0.3, 0.4) is 0 Å². The minimum absolute atomic E-state index is 0.0173. The lowest BCUT2D eigenvalue weighted by molar-refractivity contribution is -0.113. The normalized spacial score (nSPS) is 12.4. The number of anilines is 1. The van der Waals surface area contributed by atoms with Crippen molar-refractivity contribution in [3.8, 4) is 0 Å². The van der Waals surface area contributed by atoms with Crippen LogP contribution >= 0.6 is 23.1 Å². The Morgan fingerprint density at radius 2 is 2.14 bits per heavy atom. The topological polar surface area (TPSA) is 89.1 Å². The van der Waals surface area contributed by atoms with E-state index in [-0.39, 0.29) is 16.4 Å². The smallest absolute Gasteiger partial charge is 0.203 e. The highest BCUT2D eigenvalue weighted by Crippen LogP contribution is 2.31. The first-order valence-electron chi connectivity index (χ1n) is 3.68. The van der Waals surface area contributed by atoms with E-state index in [4.69, 9.17) is 5.73 Å². The number of rotatable bonds is 3. The quantitative estimate of drug-likeness (QED) is 0.466. The molecule has 7 heteroatoms. The van der Waals surface area contributed by atoms with Crippen molar-refractivity contribution in [2.75, 3.05) is 5.73 Å². The zero-order valence-corrected chi connectivity index (χ0v) is 9.28. The van der Waals surface area contributed by atoms with E-state index in [0.717, 1.165) is 11.8 Å². The minimum atomic E-state index is -0.205. The van der Waals surface area contributed by atoms with Crippen molar-refractivity contribution in [3.05, 3.63) is 10.7 Å². The molecule has 14 heavy (non-hydrogen) atoms. The molecule has 1 aromatic heterocycles. The number of aliphatic hydroxyl groups is 1. The van der Waals surface area contributed by atoms with Crippen molar-refractivity contribution in [1.82, 2.24) is 10.2 Å². The van der Waals surface area contributed by atoms with Crippen molar-refractivity contribution in [1.29, 1.82) is 0 Å². The molecule has 0 atom stereocenters. The first kappa shape index (κ1) is 11.0. The number of nitrogens with two attached hydrogens (primary N) is 1. The molecular weight excluding hydrogens is 222 g/mol. The Morgan fingerprint density at radius 1 is 1.50 bits per heavy atom. The number of nitrogen functional groups attached to an aromatic ring is 1. The van der Waals surface area contributed by atoms with Crippen LogP contribution < -0.4 is 5.73 Å². The molecule has 0 aliphatic carbocycles. The van der Waals surface area contributed by atoms with E-state index < -0.39 is 0 Å².